The van der Waals surface area contributed by atoms with E-state index in [0.717, 1.165) is 26.9 Å². The van der Waals surface area contributed by atoms with Crippen molar-refractivity contribution >= 4 is 51.0 Å². The fourth-order valence-electron chi connectivity index (χ4n) is 5.38. The van der Waals surface area contributed by atoms with Gasteiger partial charge < -0.3 is 30.0 Å². The molecule has 5 rings (SSSR count). The van der Waals surface area contributed by atoms with E-state index in [4.69, 9.17) is 9.47 Å². The molecule has 2 amide bonds. The molecule has 1 atom stereocenters. The number of thiophene rings is 1. The summed E-state index contributed by atoms with van der Waals surface area (Å²) in [4.78, 5) is 53.1. The zero-order chi connectivity index (χ0) is 33.2. The van der Waals surface area contributed by atoms with Gasteiger partial charge in [-0.05, 0) is 71.7 Å². The van der Waals surface area contributed by atoms with E-state index in [1.165, 1.54) is 11.3 Å². The van der Waals surface area contributed by atoms with Crippen molar-refractivity contribution in [2.24, 2.45) is 0 Å². The molecule has 2 aromatic carbocycles. The van der Waals surface area contributed by atoms with E-state index in [1.54, 1.807) is 41.5 Å². The van der Waals surface area contributed by atoms with Crippen molar-refractivity contribution in [1.82, 2.24) is 15.2 Å². The summed E-state index contributed by atoms with van der Waals surface area (Å²) in [5.74, 6) is -2.86. The molecule has 1 unspecified atom stereocenters. The van der Waals surface area contributed by atoms with E-state index in [9.17, 15) is 19.2 Å². The third kappa shape index (κ3) is 7.66. The van der Waals surface area contributed by atoms with E-state index in [-0.39, 0.29) is 29.1 Å². The highest BCUT2D eigenvalue weighted by molar-refractivity contribution is 7.17. The number of fused-ring (bicyclic) bond motifs is 2. The first-order valence-electron chi connectivity index (χ1n) is 15.3. The van der Waals surface area contributed by atoms with Gasteiger partial charge >= 0.3 is 17.8 Å². The molecule has 0 saturated heterocycles. The first-order chi connectivity index (χ1) is 21.7. The van der Waals surface area contributed by atoms with Crippen molar-refractivity contribution in [2.75, 3.05) is 18.4 Å². The largest absolute Gasteiger partial charge is 0.456 e. The van der Waals surface area contributed by atoms with Gasteiger partial charge in [-0.2, -0.15) is 0 Å². The Kier molecular flexibility index (Phi) is 9.37. The number of carbonyl (C=O) groups is 4. The maximum absolute atomic E-state index is 13.6. The lowest BCUT2D eigenvalue weighted by molar-refractivity contribution is -0.161. The zero-order valence-corrected chi connectivity index (χ0v) is 27.8. The van der Waals surface area contributed by atoms with Crippen molar-refractivity contribution in [3.63, 3.8) is 0 Å². The summed E-state index contributed by atoms with van der Waals surface area (Å²) in [5.41, 5.74) is 1.94. The molecule has 0 fully saturated rings. The summed E-state index contributed by atoms with van der Waals surface area (Å²) in [7, 11) is 0. The quantitative estimate of drug-likeness (QED) is 0.176. The van der Waals surface area contributed by atoms with Gasteiger partial charge in [-0.15, -0.1) is 11.3 Å². The number of hydrogen-bond donors (Lipinski definition) is 3. The smallest absolute Gasteiger partial charge is 0.397 e. The molecule has 3 heterocycles. The van der Waals surface area contributed by atoms with Crippen LogP contribution in [0.3, 0.4) is 0 Å². The van der Waals surface area contributed by atoms with Gasteiger partial charge in [-0.1, -0.05) is 48.5 Å². The molecule has 3 N–H and O–H groups in total. The molecule has 2 aromatic heterocycles. The molecule has 0 aliphatic carbocycles. The number of carbonyl (C=O) groups excluding carboxylic acids is 4. The topological polar surface area (TPSA) is 128 Å². The van der Waals surface area contributed by atoms with Gasteiger partial charge in [-0.25, -0.2) is 9.59 Å². The minimum Gasteiger partial charge on any atom is -0.456 e. The first-order valence-corrected chi connectivity index (χ1v) is 16.1. The summed E-state index contributed by atoms with van der Waals surface area (Å²) in [5, 5.41) is 10.2. The molecule has 11 heteroatoms. The molecule has 0 bridgehead atoms. The van der Waals surface area contributed by atoms with Crippen LogP contribution in [0.5, 0.6) is 0 Å². The Labute approximate surface area is 272 Å². The van der Waals surface area contributed by atoms with Crippen LogP contribution in [0.4, 0.5) is 5.00 Å². The molecule has 1 aliphatic heterocycles. The molecule has 10 nitrogen and oxygen atoms in total. The van der Waals surface area contributed by atoms with Gasteiger partial charge in [0.05, 0.1) is 17.2 Å². The number of benzene rings is 2. The number of esters is 2. The highest BCUT2D eigenvalue weighted by atomic mass is 32.1. The lowest BCUT2D eigenvalue weighted by Gasteiger charge is -2.25. The maximum Gasteiger partial charge on any atom is 0.397 e. The van der Waals surface area contributed by atoms with Crippen LogP contribution in [0, 0.1) is 0 Å². The molecular weight excluding hydrogens is 604 g/mol. The highest BCUT2D eigenvalue weighted by Crippen LogP contribution is 2.40. The van der Waals surface area contributed by atoms with Crippen molar-refractivity contribution < 1.29 is 28.7 Å². The van der Waals surface area contributed by atoms with Gasteiger partial charge in [0.1, 0.15) is 16.2 Å². The third-order valence-corrected chi connectivity index (χ3v) is 8.49. The van der Waals surface area contributed by atoms with Crippen LogP contribution < -0.4 is 16.0 Å². The minimum absolute atomic E-state index is 0.208. The van der Waals surface area contributed by atoms with Crippen LogP contribution in [0.15, 0.2) is 60.8 Å². The van der Waals surface area contributed by atoms with Crippen molar-refractivity contribution in [2.45, 2.75) is 71.8 Å². The predicted molar refractivity (Wildman–Crippen MR) is 178 cm³/mol. The second-order valence-corrected chi connectivity index (χ2v) is 14.3. The van der Waals surface area contributed by atoms with E-state index in [1.807, 2.05) is 48.7 Å². The summed E-state index contributed by atoms with van der Waals surface area (Å²) in [6.07, 6.45) is 2.38. The Balaban J connectivity index is 1.40. The number of amides is 2. The maximum atomic E-state index is 13.6. The summed E-state index contributed by atoms with van der Waals surface area (Å²) in [6.45, 7) is 11.7. The Morgan fingerprint density at radius 2 is 1.61 bits per heavy atom. The number of para-hydroxylation sites is 1. The lowest BCUT2D eigenvalue weighted by Crippen LogP contribution is -2.38. The van der Waals surface area contributed by atoms with Gasteiger partial charge in [0.25, 0.3) is 5.91 Å². The summed E-state index contributed by atoms with van der Waals surface area (Å²) >= 11 is 1.19. The van der Waals surface area contributed by atoms with E-state index >= 15 is 0 Å². The number of anilines is 1. The molecule has 0 radical (unpaired) electrons. The number of ether oxygens (including phenoxy) is 2. The average molecular weight is 645 g/mol. The molecule has 1 aliphatic rings. The van der Waals surface area contributed by atoms with Crippen molar-refractivity contribution in [3.05, 3.63) is 87.9 Å². The summed E-state index contributed by atoms with van der Waals surface area (Å²) in [6, 6.07) is 17.5. The molecule has 242 valence electrons. The van der Waals surface area contributed by atoms with Crippen molar-refractivity contribution in [1.29, 1.82) is 0 Å². The highest BCUT2D eigenvalue weighted by Gasteiger charge is 2.35. The van der Waals surface area contributed by atoms with E-state index in [2.05, 4.69) is 32.7 Å². The first kappa shape index (κ1) is 32.9. The predicted octanol–water partition coefficient (Wildman–Crippen LogP) is 5.60. The molecule has 46 heavy (non-hydrogen) atoms. The van der Waals surface area contributed by atoms with Crippen LogP contribution in [0.25, 0.3) is 10.9 Å². The molecule has 0 spiro atoms. The van der Waals surface area contributed by atoms with Crippen LogP contribution in [0.2, 0.25) is 0 Å². The van der Waals surface area contributed by atoms with Gasteiger partial charge in [0.2, 0.25) is 0 Å². The molecular formula is C35H40N4O6S. The van der Waals surface area contributed by atoms with Gasteiger partial charge in [0, 0.05) is 35.1 Å². The second kappa shape index (κ2) is 13.1. The molecule has 0 saturated carbocycles. The lowest BCUT2D eigenvalue weighted by atomic mass is 9.98. The van der Waals surface area contributed by atoms with E-state index < -0.39 is 29.0 Å². The van der Waals surface area contributed by atoms with Crippen LogP contribution >= 0.6 is 11.3 Å². The Bertz CT molecular complexity index is 1780. The SMILES string of the molecule is CC(C)(C)OC(=O)C(=O)Nc1sc2c(c1C(=O)OC(C)(C)C)CCNC2CNC(=O)c1cn(Cc2ccccc2)c2ccccc12. The third-order valence-electron chi connectivity index (χ3n) is 7.23. The van der Waals surface area contributed by atoms with Gasteiger partial charge in [0.15, 0.2) is 0 Å². The summed E-state index contributed by atoms with van der Waals surface area (Å²) < 4.78 is 13.0. The Hall–Kier alpha value is -4.48. The monoisotopic (exact) mass is 644 g/mol. The van der Waals surface area contributed by atoms with Crippen molar-refractivity contribution in [3.8, 4) is 0 Å². The standard InChI is InChI=1S/C35H40N4O6S/c1-34(2,3)44-32(42)27-23-16-17-36-25(28(23)46-31(27)38-30(41)33(43)45-35(4,5)6)18-37-29(40)24-20-39(19-21-12-8-7-9-13-21)26-15-11-10-14-22(24)26/h7-15,20,25,36H,16-19H2,1-6H3,(H,37,40)(H,38,41). The number of aromatic nitrogens is 1. The zero-order valence-electron chi connectivity index (χ0n) is 27.0. The van der Waals surface area contributed by atoms with Crippen LogP contribution in [0.1, 0.15) is 84.3 Å². The minimum atomic E-state index is -1.05. The Morgan fingerprint density at radius 3 is 2.30 bits per heavy atom. The second-order valence-electron chi connectivity index (χ2n) is 13.2. The number of nitrogens with zero attached hydrogens (tertiary/aromatic N) is 1. The number of nitrogens with one attached hydrogen (secondary N) is 3. The molecule has 4 aromatic rings. The Morgan fingerprint density at radius 1 is 0.935 bits per heavy atom. The van der Waals surface area contributed by atoms with Gasteiger partial charge in [-0.3, -0.25) is 9.59 Å². The normalized spacial score (nSPS) is 14.8. The number of hydrogen-bond acceptors (Lipinski definition) is 8. The van der Waals surface area contributed by atoms with Crippen LogP contribution in [-0.2, 0) is 32.0 Å². The fraction of sp³-hybridized carbons (Fsp3) is 0.371. The fourth-order valence-corrected chi connectivity index (χ4v) is 6.69. The van der Waals surface area contributed by atoms with E-state index in [0.29, 0.717) is 25.1 Å². The number of rotatable bonds is 7. The van der Waals surface area contributed by atoms with Crippen LogP contribution in [-0.4, -0.2) is 52.6 Å². The average Bonchev–Trinajstić information content (AvgIpc) is 3.53.